The molecule has 0 bridgehead atoms. The number of carbonyl (C=O) groups is 1. The van der Waals surface area contributed by atoms with Crippen molar-refractivity contribution in [2.75, 3.05) is 11.9 Å². The minimum atomic E-state index is -0.735. The van der Waals surface area contributed by atoms with E-state index in [0.717, 1.165) is 18.7 Å². The van der Waals surface area contributed by atoms with Gasteiger partial charge in [0.15, 0.2) is 0 Å². The second-order valence-corrected chi connectivity index (χ2v) is 3.72. The Morgan fingerprint density at radius 3 is 2.53 bits per heavy atom. The van der Waals surface area contributed by atoms with Crippen molar-refractivity contribution in [1.82, 2.24) is 0 Å². The molecule has 1 aromatic carbocycles. The average Bonchev–Trinajstić information content (AvgIpc) is 2.20. The first kappa shape index (κ1) is 11.9. The van der Waals surface area contributed by atoms with Crippen LogP contribution in [0.4, 0.5) is 5.69 Å². The summed E-state index contributed by atoms with van der Waals surface area (Å²) in [5.74, 6) is -0.735. The first-order valence-electron chi connectivity index (χ1n) is 4.90. The summed E-state index contributed by atoms with van der Waals surface area (Å²) in [7, 11) is 0. The quantitative estimate of drug-likeness (QED) is 0.735. The molecule has 1 rings (SSSR count). The Hall–Kier alpha value is -1.22. The van der Waals surface area contributed by atoms with E-state index in [0.29, 0.717) is 11.4 Å². The van der Waals surface area contributed by atoms with Gasteiger partial charge in [-0.3, -0.25) is 4.79 Å². The van der Waals surface area contributed by atoms with E-state index in [9.17, 15) is 4.79 Å². The minimum Gasteiger partial charge on any atom is -0.481 e. The number of benzene rings is 1. The third kappa shape index (κ3) is 5.27. The molecule has 0 radical (unpaired) electrons. The second kappa shape index (κ2) is 6.30. The molecule has 0 aliphatic heterocycles. The highest BCUT2D eigenvalue weighted by Gasteiger charge is 1.96. The van der Waals surface area contributed by atoms with Crippen LogP contribution in [0.5, 0.6) is 0 Å². The van der Waals surface area contributed by atoms with Crippen molar-refractivity contribution in [3.63, 3.8) is 0 Å². The number of unbranched alkanes of at least 4 members (excludes halogenated alkanes) is 1. The van der Waals surface area contributed by atoms with Crippen LogP contribution in [0.2, 0.25) is 5.02 Å². The molecule has 0 spiro atoms. The van der Waals surface area contributed by atoms with Gasteiger partial charge >= 0.3 is 5.97 Å². The van der Waals surface area contributed by atoms with Gasteiger partial charge in [0.05, 0.1) is 0 Å². The van der Waals surface area contributed by atoms with E-state index in [-0.39, 0.29) is 6.42 Å². The summed E-state index contributed by atoms with van der Waals surface area (Å²) in [6.45, 7) is 0.787. The number of carboxylic acid groups (broad SMARTS) is 1. The van der Waals surface area contributed by atoms with Crippen molar-refractivity contribution in [2.24, 2.45) is 0 Å². The Kier molecular flexibility index (Phi) is 4.98. The van der Waals surface area contributed by atoms with Gasteiger partial charge in [0.1, 0.15) is 0 Å². The van der Waals surface area contributed by atoms with E-state index in [1.54, 1.807) is 0 Å². The van der Waals surface area contributed by atoms with Crippen molar-refractivity contribution in [3.05, 3.63) is 29.3 Å². The topological polar surface area (TPSA) is 49.3 Å². The fraction of sp³-hybridized carbons (Fsp3) is 0.364. The molecule has 0 saturated carbocycles. The fourth-order valence-corrected chi connectivity index (χ4v) is 1.33. The summed E-state index contributed by atoms with van der Waals surface area (Å²) < 4.78 is 0. The SMILES string of the molecule is O=C(O)CCCCNc1ccc(Cl)cc1. The number of aliphatic carboxylic acids is 1. The molecule has 3 nitrogen and oxygen atoms in total. The van der Waals surface area contributed by atoms with Crippen molar-refractivity contribution in [3.8, 4) is 0 Å². The van der Waals surface area contributed by atoms with E-state index in [1.165, 1.54) is 0 Å². The van der Waals surface area contributed by atoms with Crippen LogP contribution in [0.15, 0.2) is 24.3 Å². The number of carboxylic acids is 1. The normalized spacial score (nSPS) is 9.93. The molecule has 4 heteroatoms. The summed E-state index contributed by atoms with van der Waals surface area (Å²) in [4.78, 5) is 10.2. The van der Waals surface area contributed by atoms with Gasteiger partial charge in [0, 0.05) is 23.7 Å². The van der Waals surface area contributed by atoms with Crippen LogP contribution in [-0.4, -0.2) is 17.6 Å². The van der Waals surface area contributed by atoms with E-state index in [2.05, 4.69) is 5.32 Å². The van der Waals surface area contributed by atoms with Crippen molar-refractivity contribution in [2.45, 2.75) is 19.3 Å². The van der Waals surface area contributed by atoms with Crippen LogP contribution in [-0.2, 0) is 4.79 Å². The Balaban J connectivity index is 2.15. The predicted octanol–water partition coefficient (Wildman–Crippen LogP) is 3.01. The van der Waals surface area contributed by atoms with Crippen molar-refractivity contribution >= 4 is 23.3 Å². The number of hydrogen-bond acceptors (Lipinski definition) is 2. The van der Waals surface area contributed by atoms with Crippen LogP contribution < -0.4 is 5.32 Å². The minimum absolute atomic E-state index is 0.238. The zero-order valence-corrected chi connectivity index (χ0v) is 9.13. The molecule has 0 atom stereocenters. The smallest absolute Gasteiger partial charge is 0.303 e. The average molecular weight is 228 g/mol. The molecule has 0 amide bonds. The third-order valence-electron chi connectivity index (χ3n) is 1.99. The summed E-state index contributed by atoms with van der Waals surface area (Å²) in [6, 6.07) is 7.45. The summed E-state index contributed by atoms with van der Waals surface area (Å²) in [5, 5.41) is 12.3. The Labute approximate surface area is 94.1 Å². The maximum absolute atomic E-state index is 10.2. The van der Waals surface area contributed by atoms with Gasteiger partial charge in [-0.1, -0.05) is 11.6 Å². The molecule has 1 aromatic rings. The van der Waals surface area contributed by atoms with E-state index >= 15 is 0 Å². The Morgan fingerprint density at radius 2 is 1.93 bits per heavy atom. The Bertz CT molecular complexity index is 311. The number of hydrogen-bond donors (Lipinski definition) is 2. The molecule has 0 saturated heterocycles. The summed E-state index contributed by atoms with van der Waals surface area (Å²) >= 11 is 5.74. The summed E-state index contributed by atoms with van der Waals surface area (Å²) in [5.41, 5.74) is 1.01. The van der Waals surface area contributed by atoms with E-state index in [1.807, 2.05) is 24.3 Å². The lowest BCUT2D eigenvalue weighted by Crippen LogP contribution is -2.02. The fourth-order valence-electron chi connectivity index (χ4n) is 1.20. The Morgan fingerprint density at radius 1 is 1.27 bits per heavy atom. The number of nitrogens with one attached hydrogen (secondary N) is 1. The molecular formula is C11H14ClNO2. The number of halogens is 1. The maximum Gasteiger partial charge on any atom is 0.303 e. The molecule has 0 heterocycles. The standard InChI is InChI=1S/C11H14ClNO2/c12-9-4-6-10(7-5-9)13-8-2-1-3-11(14)15/h4-7,13H,1-3,8H2,(H,14,15). The van der Waals surface area contributed by atoms with Crippen LogP contribution >= 0.6 is 11.6 Å². The van der Waals surface area contributed by atoms with Crippen molar-refractivity contribution in [1.29, 1.82) is 0 Å². The lowest BCUT2D eigenvalue weighted by atomic mass is 10.2. The van der Waals surface area contributed by atoms with Crippen LogP contribution in [0.25, 0.3) is 0 Å². The molecule has 0 aliphatic rings. The van der Waals surface area contributed by atoms with Gasteiger partial charge in [-0.2, -0.15) is 0 Å². The van der Waals surface area contributed by atoms with E-state index in [4.69, 9.17) is 16.7 Å². The largest absolute Gasteiger partial charge is 0.481 e. The zero-order valence-electron chi connectivity index (χ0n) is 8.37. The first-order valence-corrected chi connectivity index (χ1v) is 5.27. The third-order valence-corrected chi connectivity index (χ3v) is 2.24. The molecule has 0 aliphatic carbocycles. The predicted molar refractivity (Wildman–Crippen MR) is 61.4 cm³/mol. The highest BCUT2D eigenvalue weighted by Crippen LogP contribution is 2.13. The van der Waals surface area contributed by atoms with Gasteiger partial charge < -0.3 is 10.4 Å². The second-order valence-electron chi connectivity index (χ2n) is 3.28. The maximum atomic E-state index is 10.2. The summed E-state index contributed by atoms with van der Waals surface area (Å²) in [6.07, 6.45) is 1.80. The van der Waals surface area contributed by atoms with Crippen LogP contribution in [0.3, 0.4) is 0 Å². The molecule has 0 fully saturated rings. The first-order chi connectivity index (χ1) is 7.18. The lowest BCUT2D eigenvalue weighted by molar-refractivity contribution is -0.137. The van der Waals surface area contributed by atoms with Crippen LogP contribution in [0.1, 0.15) is 19.3 Å². The molecule has 2 N–H and O–H groups in total. The zero-order chi connectivity index (χ0) is 11.1. The lowest BCUT2D eigenvalue weighted by Gasteiger charge is -2.05. The monoisotopic (exact) mass is 227 g/mol. The molecule has 0 aromatic heterocycles. The molecular weight excluding hydrogens is 214 g/mol. The van der Waals surface area contributed by atoms with Gasteiger partial charge in [-0.25, -0.2) is 0 Å². The number of anilines is 1. The van der Waals surface area contributed by atoms with Gasteiger partial charge in [0.25, 0.3) is 0 Å². The van der Waals surface area contributed by atoms with Crippen LogP contribution in [0, 0.1) is 0 Å². The van der Waals surface area contributed by atoms with Gasteiger partial charge in [-0.15, -0.1) is 0 Å². The highest BCUT2D eigenvalue weighted by atomic mass is 35.5. The number of rotatable bonds is 6. The molecule has 15 heavy (non-hydrogen) atoms. The van der Waals surface area contributed by atoms with Gasteiger partial charge in [-0.05, 0) is 37.1 Å². The molecule has 82 valence electrons. The highest BCUT2D eigenvalue weighted by molar-refractivity contribution is 6.30. The molecule has 0 unspecified atom stereocenters. The van der Waals surface area contributed by atoms with E-state index < -0.39 is 5.97 Å². The van der Waals surface area contributed by atoms with Crippen molar-refractivity contribution < 1.29 is 9.90 Å². The van der Waals surface area contributed by atoms with Gasteiger partial charge in [0.2, 0.25) is 0 Å².